The molecule has 2 heterocycles. The third kappa shape index (κ3) is 6.28. The molecule has 0 spiro atoms. The summed E-state index contributed by atoms with van der Waals surface area (Å²) in [5.74, 6) is 0. The van der Waals surface area contributed by atoms with Crippen LogP contribution in [-0.4, -0.2) is 38.0 Å². The summed E-state index contributed by atoms with van der Waals surface area (Å²) in [6.45, 7) is 6.82. The lowest BCUT2D eigenvalue weighted by molar-refractivity contribution is -0.937. The van der Waals surface area contributed by atoms with Crippen molar-refractivity contribution in [3.63, 3.8) is 0 Å². The van der Waals surface area contributed by atoms with Crippen LogP contribution in [0.5, 0.6) is 0 Å². The molecule has 1 aromatic carbocycles. The first kappa shape index (κ1) is 20.3. The van der Waals surface area contributed by atoms with Gasteiger partial charge >= 0.3 is 0 Å². The topological polar surface area (TPSA) is 37.7 Å². The van der Waals surface area contributed by atoms with Crippen molar-refractivity contribution in [1.82, 2.24) is 5.32 Å². The number of quaternary nitrogens is 1. The Kier molecular flexibility index (Phi) is 8.08. The molecule has 0 aliphatic carbocycles. The van der Waals surface area contributed by atoms with E-state index in [0.717, 1.165) is 45.0 Å². The Morgan fingerprint density at radius 3 is 2.67 bits per heavy atom. The highest BCUT2D eigenvalue weighted by Gasteiger charge is 2.27. The predicted molar refractivity (Wildman–Crippen MR) is 118 cm³/mol. The fraction of sp³-hybridized carbons (Fsp3) is 0.476. The number of anilines is 1. The van der Waals surface area contributed by atoms with Gasteiger partial charge in [0.05, 0.1) is 24.6 Å². The van der Waals surface area contributed by atoms with Crippen LogP contribution in [0, 0.1) is 0 Å². The Balaban J connectivity index is 1.53. The van der Waals surface area contributed by atoms with Gasteiger partial charge in [-0.3, -0.25) is 0 Å². The first-order valence-electron chi connectivity index (χ1n) is 9.85. The van der Waals surface area contributed by atoms with Crippen LogP contribution in [0.4, 0.5) is 5.69 Å². The molecule has 1 aliphatic heterocycles. The van der Waals surface area contributed by atoms with Crippen LogP contribution in [0.2, 0.25) is 0 Å². The third-order valence-corrected chi connectivity index (χ3v) is 6.24. The van der Waals surface area contributed by atoms with Crippen LogP contribution in [-0.2, 0) is 11.2 Å². The van der Waals surface area contributed by atoms with Gasteiger partial charge in [0.2, 0.25) is 0 Å². The molecule has 2 aromatic rings. The second-order valence-electron chi connectivity index (χ2n) is 6.97. The number of nitrogens with one attached hydrogen (secondary N) is 3. The van der Waals surface area contributed by atoms with Gasteiger partial charge in [0.1, 0.15) is 19.1 Å². The van der Waals surface area contributed by atoms with Crippen molar-refractivity contribution < 1.29 is 9.64 Å². The number of hydrogen-bond donors (Lipinski definition) is 3. The van der Waals surface area contributed by atoms with Gasteiger partial charge in [-0.1, -0.05) is 31.5 Å². The van der Waals surface area contributed by atoms with Gasteiger partial charge in [-0.15, -0.1) is 11.3 Å². The average Bonchev–Trinajstić information content (AvgIpc) is 3.23. The van der Waals surface area contributed by atoms with E-state index in [1.807, 2.05) is 11.3 Å². The molecule has 3 rings (SSSR count). The number of thiophene rings is 1. The lowest BCUT2D eigenvalue weighted by Crippen LogP contribution is -3.15. The number of hydrogen-bond acceptors (Lipinski definition) is 3. The molecule has 0 saturated carbocycles. The van der Waals surface area contributed by atoms with Crippen molar-refractivity contribution in [2.75, 3.05) is 38.2 Å². The number of rotatable bonds is 8. The molecule has 1 atom stereocenters. The molecule has 1 aromatic heterocycles. The van der Waals surface area contributed by atoms with E-state index < -0.39 is 0 Å². The molecule has 3 N–H and O–H groups in total. The van der Waals surface area contributed by atoms with Crippen LogP contribution in [0.3, 0.4) is 0 Å². The summed E-state index contributed by atoms with van der Waals surface area (Å²) in [5.41, 5.74) is 2.43. The molecule has 0 bridgehead atoms. The lowest BCUT2D eigenvalue weighted by atomic mass is 10.1. The summed E-state index contributed by atoms with van der Waals surface area (Å²) in [6, 6.07) is 13.4. The molecule has 146 valence electrons. The zero-order valence-electron chi connectivity index (χ0n) is 16.0. The van der Waals surface area contributed by atoms with E-state index >= 15 is 0 Å². The lowest BCUT2D eigenvalue weighted by Gasteiger charge is -2.31. The van der Waals surface area contributed by atoms with Crippen LogP contribution in [0.1, 0.15) is 36.2 Å². The van der Waals surface area contributed by atoms with Gasteiger partial charge in [0.15, 0.2) is 5.11 Å². The first-order valence-corrected chi connectivity index (χ1v) is 11.1. The normalized spacial score (nSPS) is 16.0. The van der Waals surface area contributed by atoms with Crippen molar-refractivity contribution in [3.8, 4) is 0 Å². The fourth-order valence-corrected chi connectivity index (χ4v) is 4.51. The Hall–Kier alpha value is -1.47. The largest absolute Gasteiger partial charge is 0.370 e. The number of ether oxygens (including phenoxy) is 1. The molecule has 0 amide bonds. The maximum absolute atomic E-state index is 5.54. The Labute approximate surface area is 171 Å². The monoisotopic (exact) mass is 404 g/mol. The van der Waals surface area contributed by atoms with Gasteiger partial charge in [-0.25, -0.2) is 0 Å². The molecular formula is C21H30N3OS2+. The van der Waals surface area contributed by atoms with E-state index in [4.69, 9.17) is 17.0 Å². The average molecular weight is 405 g/mol. The van der Waals surface area contributed by atoms with E-state index in [-0.39, 0.29) is 0 Å². The van der Waals surface area contributed by atoms with Crippen molar-refractivity contribution >= 4 is 34.4 Å². The van der Waals surface area contributed by atoms with Gasteiger partial charge in [0, 0.05) is 5.69 Å². The maximum atomic E-state index is 5.54. The Morgan fingerprint density at radius 1 is 1.22 bits per heavy atom. The minimum absolute atomic E-state index is 0.407. The third-order valence-electron chi connectivity index (χ3n) is 5.01. The molecule has 0 radical (unpaired) electrons. The maximum Gasteiger partial charge on any atom is 0.171 e. The van der Waals surface area contributed by atoms with Crippen LogP contribution in [0.15, 0.2) is 41.8 Å². The van der Waals surface area contributed by atoms with Crippen LogP contribution in [0.25, 0.3) is 0 Å². The second-order valence-corrected chi connectivity index (χ2v) is 8.36. The SMILES string of the molecule is CCCCc1ccc(NC(=S)NC[C@H](c2cccs2)[NH+]2CCOCC2)cc1. The van der Waals surface area contributed by atoms with E-state index in [9.17, 15) is 0 Å². The number of thiocarbonyl (C=S) groups is 1. The minimum Gasteiger partial charge on any atom is -0.370 e. The van der Waals surface area contributed by atoms with Crippen LogP contribution >= 0.6 is 23.6 Å². The summed E-state index contributed by atoms with van der Waals surface area (Å²) in [7, 11) is 0. The van der Waals surface area contributed by atoms with E-state index in [2.05, 4.69) is 59.3 Å². The zero-order chi connectivity index (χ0) is 18.9. The summed E-state index contributed by atoms with van der Waals surface area (Å²) < 4.78 is 5.53. The smallest absolute Gasteiger partial charge is 0.171 e. The van der Waals surface area contributed by atoms with Gasteiger partial charge < -0.3 is 20.3 Å². The van der Waals surface area contributed by atoms with Gasteiger partial charge in [0.25, 0.3) is 0 Å². The van der Waals surface area contributed by atoms with Crippen molar-refractivity contribution in [3.05, 3.63) is 52.2 Å². The van der Waals surface area contributed by atoms with Crippen molar-refractivity contribution in [1.29, 1.82) is 0 Å². The highest BCUT2D eigenvalue weighted by atomic mass is 32.1. The number of aryl methyl sites for hydroxylation is 1. The van der Waals surface area contributed by atoms with Crippen molar-refractivity contribution in [2.24, 2.45) is 0 Å². The highest BCUT2D eigenvalue weighted by molar-refractivity contribution is 7.80. The minimum atomic E-state index is 0.407. The Bertz CT molecular complexity index is 682. The highest BCUT2D eigenvalue weighted by Crippen LogP contribution is 2.16. The van der Waals surface area contributed by atoms with Crippen LogP contribution < -0.4 is 15.5 Å². The molecule has 4 nitrogen and oxygen atoms in total. The number of benzene rings is 1. The van der Waals surface area contributed by atoms with E-state index in [1.54, 1.807) is 4.90 Å². The number of morpholine rings is 1. The molecule has 1 saturated heterocycles. The number of unbranched alkanes of at least 4 members (excludes halogenated alkanes) is 1. The summed E-state index contributed by atoms with van der Waals surface area (Å²) in [6.07, 6.45) is 3.61. The molecule has 0 unspecified atom stereocenters. The first-order chi connectivity index (χ1) is 13.3. The standard InChI is InChI=1S/C21H29N3OS2/c1-2-3-5-17-7-9-18(10-8-17)23-21(26)22-16-19(20-6-4-15-27-20)24-11-13-25-14-12-24/h4,6-10,15,19H,2-3,5,11-14,16H2,1H3,(H2,22,23,26)/p+1/t19-/m1/s1. The van der Waals surface area contributed by atoms with Crippen molar-refractivity contribution in [2.45, 2.75) is 32.2 Å². The molecular weight excluding hydrogens is 374 g/mol. The summed E-state index contributed by atoms with van der Waals surface area (Å²) >= 11 is 7.36. The molecule has 1 fully saturated rings. The summed E-state index contributed by atoms with van der Waals surface area (Å²) in [4.78, 5) is 2.97. The fourth-order valence-electron chi connectivity index (χ4n) is 3.42. The van der Waals surface area contributed by atoms with Gasteiger partial charge in [-0.2, -0.15) is 0 Å². The van der Waals surface area contributed by atoms with Gasteiger partial charge in [-0.05, 0) is 54.2 Å². The molecule has 1 aliphatic rings. The quantitative estimate of drug-likeness (QED) is 0.591. The Morgan fingerprint density at radius 2 is 2.00 bits per heavy atom. The molecule has 6 heteroatoms. The zero-order valence-corrected chi connectivity index (χ0v) is 17.6. The molecule has 27 heavy (non-hydrogen) atoms. The second kappa shape index (κ2) is 10.8. The predicted octanol–water partition coefficient (Wildman–Crippen LogP) is 3.03. The summed E-state index contributed by atoms with van der Waals surface area (Å²) in [5, 5.41) is 9.59. The van der Waals surface area contributed by atoms with E-state index in [0.29, 0.717) is 11.2 Å². The van der Waals surface area contributed by atoms with E-state index in [1.165, 1.54) is 23.3 Å².